The number of furan rings is 1. The van der Waals surface area contributed by atoms with Crippen LogP contribution in [0, 0.1) is 0 Å². The van der Waals surface area contributed by atoms with Gasteiger partial charge in [-0.05, 0) is 30.3 Å². The number of rotatable bonds is 10. The molecule has 0 saturated carbocycles. The number of nitrogens with zero attached hydrogens (tertiary/aromatic N) is 3. The maximum absolute atomic E-state index is 13.2. The van der Waals surface area contributed by atoms with Gasteiger partial charge in [0.15, 0.2) is 0 Å². The topological polar surface area (TPSA) is 91.4 Å². The number of pyridine rings is 1. The number of carbonyl (C=O) groups excluding carboxylic acids is 1. The van der Waals surface area contributed by atoms with Crippen LogP contribution in [0.2, 0.25) is 30.7 Å². The van der Waals surface area contributed by atoms with E-state index in [1.54, 1.807) is 12.3 Å². The first-order chi connectivity index (χ1) is 17.1. The molecule has 4 aromatic rings. The van der Waals surface area contributed by atoms with E-state index in [0.29, 0.717) is 28.3 Å². The zero-order valence-electron chi connectivity index (χ0n) is 19.9. The molecule has 1 amide bonds. The summed E-state index contributed by atoms with van der Waals surface area (Å²) in [5.74, 6) is -0.634. The molecule has 0 radical (unpaired) electrons. The first-order valence-corrected chi connectivity index (χ1v) is 15.2. The van der Waals surface area contributed by atoms with E-state index in [-0.39, 0.29) is 29.3 Å². The first kappa shape index (κ1) is 25.8. The van der Waals surface area contributed by atoms with Crippen LogP contribution in [0.3, 0.4) is 0 Å². The molecule has 0 unspecified atom stereocenters. The maximum atomic E-state index is 13.2. The number of anilines is 1. The van der Waals surface area contributed by atoms with Crippen molar-refractivity contribution in [1.29, 1.82) is 0 Å². The fourth-order valence-corrected chi connectivity index (χ4v) is 4.44. The molecule has 3 heterocycles. The Bertz CT molecular complexity index is 1370. The van der Waals surface area contributed by atoms with Crippen molar-refractivity contribution in [2.24, 2.45) is 0 Å². The number of hydrogen-bond donors (Lipinski definition) is 1. The van der Waals surface area contributed by atoms with E-state index in [0.717, 1.165) is 6.04 Å². The molecule has 0 saturated heterocycles. The Morgan fingerprint density at radius 3 is 2.78 bits per heavy atom. The molecule has 3 aromatic heterocycles. The predicted molar refractivity (Wildman–Crippen MR) is 135 cm³/mol. The smallest absolute Gasteiger partial charge is 0.387 e. The molecule has 4 rings (SSSR count). The van der Waals surface area contributed by atoms with Crippen LogP contribution in [0.1, 0.15) is 10.4 Å². The lowest BCUT2D eigenvalue weighted by Gasteiger charge is -2.17. The average molecular weight is 535 g/mol. The van der Waals surface area contributed by atoms with Crippen molar-refractivity contribution < 1.29 is 27.5 Å². The second-order valence-electron chi connectivity index (χ2n) is 9.25. The Kier molecular flexibility index (Phi) is 7.72. The van der Waals surface area contributed by atoms with E-state index in [1.165, 1.54) is 41.5 Å². The lowest BCUT2D eigenvalue weighted by molar-refractivity contribution is -0.0495. The van der Waals surface area contributed by atoms with Crippen molar-refractivity contribution in [3.63, 3.8) is 0 Å². The minimum absolute atomic E-state index is 0.0334. The Morgan fingerprint density at radius 1 is 1.22 bits per heavy atom. The Labute approximate surface area is 212 Å². The van der Waals surface area contributed by atoms with Crippen molar-refractivity contribution in [3.05, 3.63) is 59.7 Å². The minimum atomic E-state index is -3.06. The number of carbonyl (C=O) groups is 1. The summed E-state index contributed by atoms with van der Waals surface area (Å²) in [6, 6.07) is 6.88. The van der Waals surface area contributed by atoms with Crippen molar-refractivity contribution in [2.75, 3.05) is 11.9 Å². The number of ether oxygens (including phenoxy) is 2. The van der Waals surface area contributed by atoms with Gasteiger partial charge in [-0.1, -0.05) is 31.2 Å². The molecule has 1 aromatic carbocycles. The van der Waals surface area contributed by atoms with Crippen LogP contribution >= 0.6 is 11.6 Å². The number of halogens is 3. The Hall–Kier alpha value is -3.28. The van der Waals surface area contributed by atoms with Gasteiger partial charge in [-0.15, -0.1) is 0 Å². The van der Waals surface area contributed by atoms with Gasteiger partial charge in [0.05, 0.1) is 23.8 Å². The number of benzene rings is 1. The highest BCUT2D eigenvalue weighted by Gasteiger charge is 2.23. The lowest BCUT2D eigenvalue weighted by Crippen LogP contribution is -2.22. The summed E-state index contributed by atoms with van der Waals surface area (Å²) in [5.41, 5.74) is 1.35. The van der Waals surface area contributed by atoms with Gasteiger partial charge in [-0.3, -0.25) is 9.78 Å². The third-order valence-electron chi connectivity index (χ3n) is 5.31. The second kappa shape index (κ2) is 10.8. The van der Waals surface area contributed by atoms with Gasteiger partial charge >= 0.3 is 6.61 Å². The molecule has 0 fully saturated rings. The summed E-state index contributed by atoms with van der Waals surface area (Å²) in [6.45, 7) is 4.19. The van der Waals surface area contributed by atoms with Gasteiger partial charge in [0.2, 0.25) is 0 Å². The molecule has 0 atom stereocenters. The quantitative estimate of drug-likeness (QED) is 0.184. The maximum Gasteiger partial charge on any atom is 0.387 e. The van der Waals surface area contributed by atoms with Crippen LogP contribution in [0.25, 0.3) is 22.2 Å². The minimum Gasteiger partial charge on any atom is -0.463 e. The highest BCUT2D eigenvalue weighted by atomic mass is 35.5. The molecule has 0 aliphatic rings. The van der Waals surface area contributed by atoms with Gasteiger partial charge < -0.3 is 19.2 Å². The molecule has 0 spiro atoms. The number of aromatic nitrogens is 3. The molecular weight excluding hydrogens is 510 g/mol. The van der Waals surface area contributed by atoms with Crippen LogP contribution in [0.4, 0.5) is 14.5 Å². The largest absolute Gasteiger partial charge is 0.463 e. The summed E-state index contributed by atoms with van der Waals surface area (Å²) in [4.78, 5) is 17.2. The van der Waals surface area contributed by atoms with E-state index < -0.39 is 20.6 Å². The molecule has 1 N–H and O–H groups in total. The van der Waals surface area contributed by atoms with Gasteiger partial charge in [-0.2, -0.15) is 13.9 Å². The third kappa shape index (κ3) is 6.09. The van der Waals surface area contributed by atoms with Crippen LogP contribution in [0.15, 0.2) is 53.5 Å². The summed E-state index contributed by atoms with van der Waals surface area (Å²) >= 11 is 6.20. The number of hydrogen-bond acceptors (Lipinski definition) is 6. The summed E-state index contributed by atoms with van der Waals surface area (Å²) in [6.07, 6.45) is 5.84. The van der Waals surface area contributed by atoms with E-state index in [1.807, 2.05) is 0 Å². The number of alkyl halides is 2. The Balaban J connectivity index is 1.71. The Morgan fingerprint density at radius 2 is 2.03 bits per heavy atom. The molecule has 8 nitrogen and oxygen atoms in total. The standard InChI is InChI=1S/C24H25ClF2N4O4Si/c1-36(2,3)9-8-33-14-31-21(17-10-16(25)4-5-20(17)35-24(26)27)19(13-29-31)30-23(32)18-12-28-11-15-6-7-34-22(15)18/h4-7,10-13,24H,8-9,14H2,1-3H3,(H,30,32). The van der Waals surface area contributed by atoms with Crippen molar-refractivity contribution in [1.82, 2.24) is 14.8 Å². The number of nitrogens with one attached hydrogen (secondary N) is 1. The summed E-state index contributed by atoms with van der Waals surface area (Å²) in [7, 11) is -1.33. The molecule has 36 heavy (non-hydrogen) atoms. The molecule has 190 valence electrons. The zero-order valence-corrected chi connectivity index (χ0v) is 21.7. The number of fused-ring (bicyclic) bond motifs is 1. The predicted octanol–water partition coefficient (Wildman–Crippen LogP) is 6.51. The normalized spacial score (nSPS) is 11.9. The van der Waals surface area contributed by atoms with E-state index >= 15 is 0 Å². The van der Waals surface area contributed by atoms with Gasteiger partial charge in [0.1, 0.15) is 23.6 Å². The van der Waals surface area contributed by atoms with Crippen molar-refractivity contribution in [3.8, 4) is 17.0 Å². The summed E-state index contributed by atoms with van der Waals surface area (Å²) in [5, 5.41) is 8.08. The molecular formula is C24H25ClF2N4O4Si. The highest BCUT2D eigenvalue weighted by Crippen LogP contribution is 2.38. The molecule has 12 heteroatoms. The molecule has 0 bridgehead atoms. The van der Waals surface area contributed by atoms with E-state index in [4.69, 9.17) is 25.5 Å². The van der Waals surface area contributed by atoms with Crippen LogP contribution in [0.5, 0.6) is 5.75 Å². The van der Waals surface area contributed by atoms with Gasteiger partial charge in [-0.25, -0.2) is 4.68 Å². The van der Waals surface area contributed by atoms with Gasteiger partial charge in [0.25, 0.3) is 5.91 Å². The van der Waals surface area contributed by atoms with Crippen LogP contribution < -0.4 is 10.1 Å². The monoisotopic (exact) mass is 534 g/mol. The third-order valence-corrected chi connectivity index (χ3v) is 7.25. The zero-order chi connectivity index (χ0) is 25.9. The summed E-state index contributed by atoms with van der Waals surface area (Å²) < 4.78 is 43.8. The van der Waals surface area contributed by atoms with E-state index in [9.17, 15) is 13.6 Å². The molecule has 0 aliphatic heterocycles. The lowest BCUT2D eigenvalue weighted by atomic mass is 10.1. The van der Waals surface area contributed by atoms with Gasteiger partial charge in [0, 0.05) is 43.0 Å². The molecule has 0 aliphatic carbocycles. The van der Waals surface area contributed by atoms with Crippen LogP contribution in [-0.4, -0.2) is 42.0 Å². The SMILES string of the molecule is C[Si](C)(C)CCOCn1ncc(NC(=O)c2cncc3ccoc23)c1-c1cc(Cl)ccc1OC(F)F. The van der Waals surface area contributed by atoms with E-state index in [2.05, 4.69) is 35.0 Å². The second-order valence-corrected chi connectivity index (χ2v) is 15.3. The van der Waals surface area contributed by atoms with Crippen LogP contribution in [-0.2, 0) is 11.5 Å². The fraction of sp³-hybridized carbons (Fsp3) is 0.292. The van der Waals surface area contributed by atoms with Crippen molar-refractivity contribution >= 4 is 42.2 Å². The fourth-order valence-electron chi connectivity index (χ4n) is 3.52. The average Bonchev–Trinajstić information content (AvgIpc) is 3.44. The van der Waals surface area contributed by atoms with Crippen molar-refractivity contribution in [2.45, 2.75) is 39.0 Å². The first-order valence-electron chi connectivity index (χ1n) is 11.1. The number of amides is 1. The highest BCUT2D eigenvalue weighted by molar-refractivity contribution is 6.76.